The van der Waals surface area contributed by atoms with Crippen LogP contribution in [-0.2, 0) is 28.5 Å². The van der Waals surface area contributed by atoms with Gasteiger partial charge >= 0.3 is 12.2 Å². The van der Waals surface area contributed by atoms with E-state index < -0.39 is 42.4 Å². The second kappa shape index (κ2) is 23.0. The highest BCUT2D eigenvalue weighted by Crippen LogP contribution is 2.39. The molecule has 68 heavy (non-hydrogen) atoms. The van der Waals surface area contributed by atoms with Crippen molar-refractivity contribution >= 4 is 24.0 Å². The first-order valence-electron chi connectivity index (χ1n) is 23.9. The molecule has 18 heteroatoms. The number of hydrogen-bond acceptors (Lipinski definition) is 12. The number of nitrogens with zero attached hydrogens (tertiary/aromatic N) is 3. The van der Waals surface area contributed by atoms with Crippen LogP contribution in [0.5, 0.6) is 0 Å². The average Bonchev–Trinajstić information content (AvgIpc) is 4.12. The van der Waals surface area contributed by atoms with Crippen molar-refractivity contribution in [3.63, 3.8) is 0 Å². The third-order valence-corrected chi connectivity index (χ3v) is 13.6. The number of unbranched alkanes of at least 4 members (excludes halogenated alkanes) is 1. The fourth-order valence-electron chi connectivity index (χ4n) is 10.4. The van der Waals surface area contributed by atoms with Crippen molar-refractivity contribution in [2.45, 2.75) is 140 Å². The van der Waals surface area contributed by atoms with Crippen LogP contribution in [0.15, 0.2) is 60.9 Å². The molecule has 3 saturated heterocycles. The van der Waals surface area contributed by atoms with Crippen molar-refractivity contribution in [2.75, 3.05) is 27.4 Å². The molecule has 5 heterocycles. The monoisotopic (exact) mass is 941 g/mol. The van der Waals surface area contributed by atoms with E-state index in [4.69, 9.17) is 23.9 Å². The lowest BCUT2D eigenvalue weighted by molar-refractivity contribution is -0.141. The molecule has 0 bridgehead atoms. The van der Waals surface area contributed by atoms with Gasteiger partial charge in [-0.1, -0.05) is 48.5 Å². The van der Waals surface area contributed by atoms with Gasteiger partial charge in [-0.05, 0) is 120 Å². The van der Waals surface area contributed by atoms with Crippen LogP contribution in [-0.4, -0.2) is 129 Å². The van der Waals surface area contributed by atoms with Crippen LogP contribution < -0.4 is 16.0 Å². The fourth-order valence-corrected chi connectivity index (χ4v) is 10.4. The minimum absolute atomic E-state index is 0.0274. The largest absolute Gasteiger partial charge is 0.453 e. The van der Waals surface area contributed by atoms with Gasteiger partial charge in [0, 0.05) is 6.61 Å². The summed E-state index contributed by atoms with van der Waals surface area (Å²) < 4.78 is 21.7. The quantitative estimate of drug-likeness (QED) is 0.0575. The molecule has 2 aromatic heterocycles. The summed E-state index contributed by atoms with van der Waals surface area (Å²) in [5.74, 6) is 0.223. The van der Waals surface area contributed by atoms with Crippen molar-refractivity contribution in [2.24, 2.45) is 11.8 Å². The van der Waals surface area contributed by atoms with Gasteiger partial charge in [-0.25, -0.2) is 19.6 Å². The minimum Gasteiger partial charge on any atom is -0.453 e. The zero-order chi connectivity index (χ0) is 48.5. The molecular weight excluding hydrogens is 873 g/mol. The summed E-state index contributed by atoms with van der Waals surface area (Å²) in [6, 6.07) is 13.1. The summed E-state index contributed by atoms with van der Waals surface area (Å²) in [5, 5.41) is 28.6. The normalized spacial score (nSPS) is 25.2. The number of ether oxygens (including phenoxy) is 4. The van der Waals surface area contributed by atoms with E-state index in [1.54, 1.807) is 17.3 Å². The summed E-state index contributed by atoms with van der Waals surface area (Å²) in [5.41, 5.74) is 5.35. The maximum absolute atomic E-state index is 14.5. The Hall–Kier alpha value is -5.82. The predicted octanol–water partition coefficient (Wildman–Crippen LogP) is 6.33. The second-order valence-corrected chi connectivity index (χ2v) is 18.7. The van der Waals surface area contributed by atoms with E-state index in [1.807, 2.05) is 76.2 Å². The summed E-state index contributed by atoms with van der Waals surface area (Å²) in [6.07, 6.45) is 7.14. The fraction of sp³-hybridized carbons (Fsp3) is 0.560. The SMILES string of the molecule is COC(=O)N[C@H](C(=O)NC(CCCCO)c1ncc(-c2ccc(-c3ccc(-c4cnc([C@H]5CC[C@@H](CO)N5C(=O)[C@@H](NC(=O)OC)C5C[C@@H](C)O[C@H](C)C5)[nH]4)cc3)cc2)[nH]1)C1C[C@@H](C)O[C@H](C)C1. The molecule has 0 radical (unpaired) electrons. The van der Waals surface area contributed by atoms with Crippen molar-refractivity contribution in [1.29, 1.82) is 0 Å². The molecular formula is C50H68N8O10. The van der Waals surface area contributed by atoms with Crippen molar-refractivity contribution in [3.05, 3.63) is 72.6 Å². The molecule has 9 atom stereocenters. The van der Waals surface area contributed by atoms with Crippen LogP contribution in [0.1, 0.15) is 109 Å². The molecule has 0 spiro atoms. The van der Waals surface area contributed by atoms with E-state index in [0.717, 1.165) is 33.6 Å². The Morgan fingerprint density at radius 2 is 1.19 bits per heavy atom. The molecule has 4 amide bonds. The van der Waals surface area contributed by atoms with E-state index >= 15 is 0 Å². The third-order valence-electron chi connectivity index (χ3n) is 13.6. The Morgan fingerprint density at radius 1 is 0.691 bits per heavy atom. The molecule has 7 rings (SSSR count). The molecule has 368 valence electrons. The van der Waals surface area contributed by atoms with Gasteiger partial charge < -0.3 is 60.0 Å². The van der Waals surface area contributed by atoms with Gasteiger partial charge in [0.2, 0.25) is 11.8 Å². The lowest BCUT2D eigenvalue weighted by Crippen LogP contribution is -2.56. The Balaban J connectivity index is 1.03. The van der Waals surface area contributed by atoms with Gasteiger partial charge in [0.25, 0.3) is 0 Å². The molecule has 4 aromatic rings. The molecule has 3 aliphatic rings. The molecule has 0 saturated carbocycles. The highest BCUT2D eigenvalue weighted by molar-refractivity contribution is 5.87. The smallest absolute Gasteiger partial charge is 0.407 e. The number of alkyl carbamates (subject to hydrolysis) is 2. The summed E-state index contributed by atoms with van der Waals surface area (Å²) in [4.78, 5) is 71.3. The van der Waals surface area contributed by atoms with Crippen LogP contribution in [0.2, 0.25) is 0 Å². The second-order valence-electron chi connectivity index (χ2n) is 18.7. The number of aromatic nitrogens is 4. The van der Waals surface area contributed by atoms with Gasteiger partial charge in [-0.3, -0.25) is 9.59 Å². The van der Waals surface area contributed by atoms with Gasteiger partial charge in [0.1, 0.15) is 23.7 Å². The van der Waals surface area contributed by atoms with E-state index in [0.29, 0.717) is 69.4 Å². The first kappa shape index (κ1) is 50.1. The number of nitrogens with one attached hydrogen (secondary N) is 5. The maximum atomic E-state index is 14.5. The number of benzene rings is 2. The number of aromatic amines is 2. The molecule has 3 fully saturated rings. The highest BCUT2D eigenvalue weighted by Gasteiger charge is 2.45. The lowest BCUT2D eigenvalue weighted by Gasteiger charge is -2.39. The molecule has 7 N–H and O–H groups in total. The Bertz CT molecular complexity index is 2280. The maximum Gasteiger partial charge on any atom is 0.407 e. The number of imidazole rings is 2. The summed E-state index contributed by atoms with van der Waals surface area (Å²) in [7, 11) is 2.55. The molecule has 18 nitrogen and oxygen atoms in total. The Morgan fingerprint density at radius 3 is 1.72 bits per heavy atom. The summed E-state index contributed by atoms with van der Waals surface area (Å²) >= 11 is 0. The zero-order valence-corrected chi connectivity index (χ0v) is 39.9. The number of aliphatic hydroxyl groups is 2. The van der Waals surface area contributed by atoms with Gasteiger partial charge in [0.05, 0.1) is 87.1 Å². The third kappa shape index (κ3) is 12.1. The first-order chi connectivity index (χ1) is 32.8. The van der Waals surface area contributed by atoms with Crippen LogP contribution in [0.25, 0.3) is 33.6 Å². The topological polar surface area (TPSA) is 242 Å². The highest BCUT2D eigenvalue weighted by atomic mass is 16.5. The first-order valence-corrected chi connectivity index (χ1v) is 23.9. The predicted molar refractivity (Wildman–Crippen MR) is 253 cm³/mol. The number of amides is 4. The number of H-pyrrole nitrogens is 2. The zero-order valence-electron chi connectivity index (χ0n) is 39.9. The molecule has 1 unspecified atom stereocenters. The summed E-state index contributed by atoms with van der Waals surface area (Å²) in [6.45, 7) is 7.67. The van der Waals surface area contributed by atoms with Crippen LogP contribution in [0, 0.1) is 11.8 Å². The van der Waals surface area contributed by atoms with Crippen molar-refractivity contribution in [3.8, 4) is 33.6 Å². The van der Waals surface area contributed by atoms with Gasteiger partial charge in [-0.2, -0.15) is 0 Å². The number of carbonyl (C=O) groups is 4. The van der Waals surface area contributed by atoms with Crippen molar-refractivity contribution in [1.82, 2.24) is 40.8 Å². The number of hydrogen-bond donors (Lipinski definition) is 7. The number of rotatable bonds is 17. The van der Waals surface area contributed by atoms with Crippen LogP contribution in [0.3, 0.4) is 0 Å². The lowest BCUT2D eigenvalue weighted by atomic mass is 9.85. The van der Waals surface area contributed by atoms with Gasteiger partial charge in [0.15, 0.2) is 0 Å². The molecule has 3 aliphatic heterocycles. The number of likely N-dealkylation sites (tertiary alicyclic amines) is 1. The van der Waals surface area contributed by atoms with E-state index in [1.165, 1.54) is 14.2 Å². The Kier molecular flexibility index (Phi) is 16.9. The number of aliphatic hydroxyl groups excluding tert-OH is 2. The molecule has 2 aromatic carbocycles. The van der Waals surface area contributed by atoms with Crippen molar-refractivity contribution < 1.29 is 48.3 Å². The van der Waals surface area contributed by atoms with Crippen LogP contribution in [0.4, 0.5) is 9.59 Å². The number of carbonyl (C=O) groups excluding carboxylic acids is 4. The standard InChI is InChI=1S/C50H68N8O10/c1-28-21-36(22-29(2)67-28)43(56-49(63)65-5)47(61)55-39(9-7-8-20-59)45-51-25-40(53-45)34-14-10-32(11-15-34)33-12-16-35(17-13-33)41-26-52-46(54-41)42-19-18-38(27-60)58(42)48(62)44(57-50(64)66-6)37-23-30(3)68-31(4)24-37/h10-17,25-26,28-31,36-39,42-44,59-60H,7-9,18-24,27H2,1-6H3,(H,51,53)(H,52,54)(H,55,61)(H,56,63)(H,57,64)/t28-,29-,30-,31-,38+,39?,42-,43+,44+/m1/s1. The van der Waals surface area contributed by atoms with Crippen LogP contribution >= 0.6 is 0 Å². The Labute approximate surface area is 397 Å². The number of methoxy groups -OCH3 is 2. The van der Waals surface area contributed by atoms with Gasteiger partial charge in [-0.15, -0.1) is 0 Å². The molecule has 0 aliphatic carbocycles. The van der Waals surface area contributed by atoms with E-state index in [2.05, 4.69) is 30.9 Å². The minimum atomic E-state index is -0.855. The van der Waals surface area contributed by atoms with E-state index in [9.17, 15) is 29.4 Å². The average molecular weight is 941 g/mol. The van der Waals surface area contributed by atoms with E-state index in [-0.39, 0.29) is 61.3 Å².